The predicted molar refractivity (Wildman–Crippen MR) is 62.2 cm³/mol. The molecule has 0 aromatic heterocycles. The van der Waals surface area contributed by atoms with Gasteiger partial charge < -0.3 is 15.5 Å². The summed E-state index contributed by atoms with van der Waals surface area (Å²) in [7, 11) is 0. The molecule has 16 heavy (non-hydrogen) atoms. The second-order valence-corrected chi connectivity index (χ2v) is 4.63. The SMILES string of the molecule is CC(=CC(=O)O)CNCC1CCC(O)CC1. The van der Waals surface area contributed by atoms with Crippen molar-refractivity contribution in [3.05, 3.63) is 11.6 Å². The zero-order chi connectivity index (χ0) is 12.0. The minimum absolute atomic E-state index is 0.107. The molecule has 0 aromatic carbocycles. The van der Waals surface area contributed by atoms with Crippen molar-refractivity contribution < 1.29 is 15.0 Å². The third-order valence-electron chi connectivity index (χ3n) is 3.02. The summed E-state index contributed by atoms with van der Waals surface area (Å²) in [5.74, 6) is -0.263. The fourth-order valence-electron chi connectivity index (χ4n) is 2.08. The highest BCUT2D eigenvalue weighted by Gasteiger charge is 2.18. The van der Waals surface area contributed by atoms with Crippen LogP contribution in [0, 0.1) is 5.92 Å². The van der Waals surface area contributed by atoms with Crippen LogP contribution in [0.2, 0.25) is 0 Å². The van der Waals surface area contributed by atoms with Gasteiger partial charge in [0.2, 0.25) is 0 Å². The summed E-state index contributed by atoms with van der Waals surface area (Å²) in [6.07, 6.45) is 5.06. The van der Waals surface area contributed by atoms with Gasteiger partial charge in [-0.2, -0.15) is 0 Å². The van der Waals surface area contributed by atoms with Gasteiger partial charge in [0.25, 0.3) is 0 Å². The van der Waals surface area contributed by atoms with E-state index in [1.807, 2.05) is 6.92 Å². The van der Waals surface area contributed by atoms with E-state index in [-0.39, 0.29) is 6.10 Å². The first-order chi connectivity index (χ1) is 7.58. The van der Waals surface area contributed by atoms with Crippen molar-refractivity contribution in [1.29, 1.82) is 0 Å². The van der Waals surface area contributed by atoms with Crippen molar-refractivity contribution in [3.63, 3.8) is 0 Å². The van der Waals surface area contributed by atoms with E-state index in [1.54, 1.807) is 0 Å². The van der Waals surface area contributed by atoms with Crippen LogP contribution < -0.4 is 5.32 Å². The maximum absolute atomic E-state index is 10.4. The fraction of sp³-hybridized carbons (Fsp3) is 0.750. The number of hydrogen-bond donors (Lipinski definition) is 3. The highest BCUT2D eigenvalue weighted by molar-refractivity contribution is 5.80. The molecule has 1 aliphatic carbocycles. The van der Waals surface area contributed by atoms with E-state index in [4.69, 9.17) is 5.11 Å². The molecule has 0 spiro atoms. The van der Waals surface area contributed by atoms with Gasteiger partial charge in [-0.05, 0) is 45.1 Å². The summed E-state index contributed by atoms with van der Waals surface area (Å²) >= 11 is 0. The number of nitrogens with one attached hydrogen (secondary N) is 1. The van der Waals surface area contributed by atoms with Crippen LogP contribution in [0.25, 0.3) is 0 Å². The van der Waals surface area contributed by atoms with E-state index >= 15 is 0 Å². The Morgan fingerprint density at radius 2 is 2.00 bits per heavy atom. The molecule has 92 valence electrons. The molecule has 0 amide bonds. The Hall–Kier alpha value is -0.870. The molecule has 0 radical (unpaired) electrons. The van der Waals surface area contributed by atoms with E-state index in [0.29, 0.717) is 12.5 Å². The minimum atomic E-state index is -0.889. The van der Waals surface area contributed by atoms with E-state index in [0.717, 1.165) is 37.8 Å². The predicted octanol–water partition coefficient (Wildman–Crippen LogP) is 1.16. The lowest BCUT2D eigenvalue weighted by molar-refractivity contribution is -0.131. The number of aliphatic hydroxyl groups is 1. The summed E-state index contributed by atoms with van der Waals surface area (Å²) < 4.78 is 0. The molecular weight excluding hydrogens is 206 g/mol. The van der Waals surface area contributed by atoms with Crippen LogP contribution in [0.1, 0.15) is 32.6 Å². The van der Waals surface area contributed by atoms with Crippen LogP contribution in [-0.2, 0) is 4.79 Å². The Bertz CT molecular complexity index is 255. The second-order valence-electron chi connectivity index (χ2n) is 4.63. The average Bonchev–Trinajstić information content (AvgIpc) is 2.20. The van der Waals surface area contributed by atoms with Gasteiger partial charge in [-0.1, -0.05) is 5.57 Å². The standard InChI is InChI=1S/C12H21NO3/c1-9(6-12(15)16)7-13-8-10-2-4-11(14)5-3-10/h6,10-11,13-14H,2-5,7-8H2,1H3,(H,15,16). The van der Waals surface area contributed by atoms with Crippen LogP contribution in [0.4, 0.5) is 0 Å². The molecule has 0 saturated heterocycles. The van der Waals surface area contributed by atoms with Crippen LogP contribution in [0.3, 0.4) is 0 Å². The first-order valence-electron chi connectivity index (χ1n) is 5.87. The molecule has 3 N–H and O–H groups in total. The molecule has 0 unspecified atom stereocenters. The highest BCUT2D eigenvalue weighted by atomic mass is 16.4. The maximum atomic E-state index is 10.4. The number of hydrogen-bond acceptors (Lipinski definition) is 3. The second kappa shape index (κ2) is 6.66. The number of rotatable bonds is 5. The zero-order valence-electron chi connectivity index (χ0n) is 9.78. The molecule has 0 heterocycles. The van der Waals surface area contributed by atoms with Gasteiger partial charge in [-0.25, -0.2) is 4.79 Å². The third kappa shape index (κ3) is 5.28. The average molecular weight is 227 g/mol. The van der Waals surface area contributed by atoms with E-state index in [9.17, 15) is 9.90 Å². The summed E-state index contributed by atoms with van der Waals surface area (Å²) in [4.78, 5) is 10.4. The van der Waals surface area contributed by atoms with Crippen molar-refractivity contribution in [2.24, 2.45) is 5.92 Å². The van der Waals surface area contributed by atoms with Crippen molar-refractivity contribution in [3.8, 4) is 0 Å². The Morgan fingerprint density at radius 3 is 2.56 bits per heavy atom. The molecule has 4 heteroatoms. The minimum Gasteiger partial charge on any atom is -0.478 e. The molecule has 1 fully saturated rings. The molecule has 4 nitrogen and oxygen atoms in total. The van der Waals surface area contributed by atoms with Crippen molar-refractivity contribution in [2.75, 3.05) is 13.1 Å². The number of carboxylic acid groups (broad SMARTS) is 1. The van der Waals surface area contributed by atoms with E-state index in [1.165, 1.54) is 6.08 Å². The van der Waals surface area contributed by atoms with Gasteiger partial charge in [0, 0.05) is 12.6 Å². The molecule has 1 saturated carbocycles. The Balaban J connectivity index is 2.13. The van der Waals surface area contributed by atoms with E-state index in [2.05, 4.69) is 5.32 Å². The molecule has 0 atom stereocenters. The summed E-state index contributed by atoms with van der Waals surface area (Å²) in [6, 6.07) is 0. The normalized spacial score (nSPS) is 26.8. The van der Waals surface area contributed by atoms with Crippen LogP contribution in [0.5, 0.6) is 0 Å². The number of carbonyl (C=O) groups is 1. The van der Waals surface area contributed by atoms with Gasteiger partial charge in [0.15, 0.2) is 0 Å². The summed E-state index contributed by atoms with van der Waals surface area (Å²) in [6.45, 7) is 3.36. The monoisotopic (exact) mass is 227 g/mol. The molecule has 0 aliphatic heterocycles. The van der Waals surface area contributed by atoms with Gasteiger partial charge in [0.1, 0.15) is 0 Å². The van der Waals surface area contributed by atoms with E-state index < -0.39 is 5.97 Å². The summed E-state index contributed by atoms with van der Waals surface area (Å²) in [5.41, 5.74) is 0.836. The lowest BCUT2D eigenvalue weighted by atomic mass is 9.87. The van der Waals surface area contributed by atoms with Crippen molar-refractivity contribution in [1.82, 2.24) is 5.32 Å². The van der Waals surface area contributed by atoms with Gasteiger partial charge in [0.05, 0.1) is 6.10 Å². The lowest BCUT2D eigenvalue weighted by Crippen LogP contribution is -2.29. The van der Waals surface area contributed by atoms with Crippen molar-refractivity contribution in [2.45, 2.75) is 38.7 Å². The Morgan fingerprint density at radius 1 is 1.38 bits per heavy atom. The summed E-state index contributed by atoms with van der Waals surface area (Å²) in [5, 5.41) is 21.1. The smallest absolute Gasteiger partial charge is 0.328 e. The van der Waals surface area contributed by atoms with Crippen LogP contribution >= 0.6 is 0 Å². The van der Waals surface area contributed by atoms with Gasteiger partial charge >= 0.3 is 5.97 Å². The molecule has 1 aliphatic rings. The first kappa shape index (κ1) is 13.2. The first-order valence-corrected chi connectivity index (χ1v) is 5.87. The number of aliphatic carboxylic acids is 1. The fourth-order valence-corrected chi connectivity index (χ4v) is 2.08. The lowest BCUT2D eigenvalue weighted by Gasteiger charge is -2.25. The molecule has 0 aromatic rings. The highest BCUT2D eigenvalue weighted by Crippen LogP contribution is 2.23. The maximum Gasteiger partial charge on any atom is 0.328 e. The van der Waals surface area contributed by atoms with Gasteiger partial charge in [-0.15, -0.1) is 0 Å². The molecule has 1 rings (SSSR count). The Labute approximate surface area is 96.4 Å². The topological polar surface area (TPSA) is 69.6 Å². The van der Waals surface area contributed by atoms with Crippen molar-refractivity contribution >= 4 is 5.97 Å². The largest absolute Gasteiger partial charge is 0.478 e. The van der Waals surface area contributed by atoms with Crippen LogP contribution in [0.15, 0.2) is 11.6 Å². The number of aliphatic hydroxyl groups excluding tert-OH is 1. The van der Waals surface area contributed by atoms with Gasteiger partial charge in [-0.3, -0.25) is 0 Å². The molecular formula is C12H21NO3. The quantitative estimate of drug-likeness (QED) is 0.616. The zero-order valence-corrected chi connectivity index (χ0v) is 9.78. The van der Waals surface area contributed by atoms with Crippen LogP contribution in [-0.4, -0.2) is 35.4 Å². The third-order valence-corrected chi connectivity index (χ3v) is 3.02. The Kier molecular flexibility index (Phi) is 5.49. The number of carboxylic acids is 1. The molecule has 0 bridgehead atoms.